The van der Waals surface area contributed by atoms with E-state index in [0.717, 1.165) is 6.42 Å². The lowest BCUT2D eigenvalue weighted by Crippen LogP contribution is -2.58. The summed E-state index contributed by atoms with van der Waals surface area (Å²) >= 11 is 0. The maximum atomic E-state index is 12.4. The standard InChI is InChI=1S/C13H21N3O4/c1-9-12(19)14-5-7-16(9)13(20)15-6-4-10(8-15)2-3-11(17)18/h9-10H,2-8H2,1H3,(H,14,19)(H,17,18). The Morgan fingerprint density at radius 3 is 2.85 bits per heavy atom. The first-order chi connectivity index (χ1) is 9.49. The number of carboxylic acid groups (broad SMARTS) is 1. The first-order valence-electron chi connectivity index (χ1n) is 7.04. The molecule has 2 N–H and O–H groups in total. The first kappa shape index (κ1) is 14.6. The summed E-state index contributed by atoms with van der Waals surface area (Å²) in [7, 11) is 0. The van der Waals surface area contributed by atoms with E-state index in [1.54, 1.807) is 16.7 Å². The molecule has 0 bridgehead atoms. The SMILES string of the molecule is CC1C(=O)NCCN1C(=O)N1CCC(CCC(=O)O)C1. The van der Waals surface area contributed by atoms with Gasteiger partial charge in [0.05, 0.1) is 0 Å². The molecule has 2 heterocycles. The Bertz CT molecular complexity index is 412. The molecule has 2 atom stereocenters. The molecule has 0 spiro atoms. The van der Waals surface area contributed by atoms with Gasteiger partial charge in [0.25, 0.3) is 0 Å². The van der Waals surface area contributed by atoms with Crippen LogP contribution in [0.2, 0.25) is 0 Å². The third-order valence-electron chi connectivity index (χ3n) is 4.07. The maximum Gasteiger partial charge on any atom is 0.320 e. The molecule has 2 aliphatic heterocycles. The molecule has 3 amide bonds. The molecule has 0 aromatic heterocycles. The predicted molar refractivity (Wildman–Crippen MR) is 71.1 cm³/mol. The van der Waals surface area contributed by atoms with E-state index in [1.807, 2.05) is 0 Å². The number of carbonyl (C=O) groups excluding carboxylic acids is 2. The number of hydrogen-bond acceptors (Lipinski definition) is 3. The van der Waals surface area contributed by atoms with Crippen LogP contribution < -0.4 is 5.32 Å². The van der Waals surface area contributed by atoms with Crippen molar-refractivity contribution in [2.24, 2.45) is 5.92 Å². The van der Waals surface area contributed by atoms with Gasteiger partial charge in [0.1, 0.15) is 6.04 Å². The smallest absolute Gasteiger partial charge is 0.320 e. The van der Waals surface area contributed by atoms with Crippen molar-refractivity contribution in [2.75, 3.05) is 26.2 Å². The van der Waals surface area contributed by atoms with Crippen LogP contribution in [0, 0.1) is 5.92 Å². The summed E-state index contributed by atoms with van der Waals surface area (Å²) in [5, 5.41) is 11.4. The summed E-state index contributed by atoms with van der Waals surface area (Å²) in [6.07, 6.45) is 1.60. The number of piperazine rings is 1. The average molecular weight is 283 g/mol. The molecule has 0 aliphatic carbocycles. The molecule has 7 nitrogen and oxygen atoms in total. The predicted octanol–water partition coefficient (Wildman–Crippen LogP) is 0.113. The van der Waals surface area contributed by atoms with E-state index in [-0.39, 0.29) is 24.3 Å². The summed E-state index contributed by atoms with van der Waals surface area (Å²) < 4.78 is 0. The summed E-state index contributed by atoms with van der Waals surface area (Å²) in [4.78, 5) is 37.9. The molecular weight excluding hydrogens is 262 g/mol. The van der Waals surface area contributed by atoms with E-state index in [1.165, 1.54) is 0 Å². The number of hydrogen-bond donors (Lipinski definition) is 2. The van der Waals surface area contributed by atoms with E-state index in [2.05, 4.69) is 5.32 Å². The van der Waals surface area contributed by atoms with E-state index in [4.69, 9.17) is 5.11 Å². The second-order valence-corrected chi connectivity index (χ2v) is 5.48. The third kappa shape index (κ3) is 3.20. The highest BCUT2D eigenvalue weighted by Crippen LogP contribution is 2.23. The Morgan fingerprint density at radius 2 is 2.15 bits per heavy atom. The van der Waals surface area contributed by atoms with Gasteiger partial charge in [-0.1, -0.05) is 0 Å². The fourth-order valence-corrected chi connectivity index (χ4v) is 2.80. The number of nitrogens with one attached hydrogen (secondary N) is 1. The number of amides is 3. The van der Waals surface area contributed by atoms with Crippen molar-refractivity contribution >= 4 is 17.9 Å². The minimum absolute atomic E-state index is 0.106. The molecule has 0 saturated carbocycles. The van der Waals surface area contributed by atoms with Crippen molar-refractivity contribution in [3.05, 3.63) is 0 Å². The zero-order valence-corrected chi connectivity index (χ0v) is 11.7. The van der Waals surface area contributed by atoms with E-state index >= 15 is 0 Å². The fraction of sp³-hybridized carbons (Fsp3) is 0.769. The topological polar surface area (TPSA) is 90.0 Å². The van der Waals surface area contributed by atoms with Gasteiger partial charge in [-0.25, -0.2) is 4.79 Å². The van der Waals surface area contributed by atoms with Crippen LogP contribution in [0.5, 0.6) is 0 Å². The first-order valence-corrected chi connectivity index (χ1v) is 7.04. The summed E-state index contributed by atoms with van der Waals surface area (Å²) in [6.45, 7) is 3.99. The molecule has 20 heavy (non-hydrogen) atoms. The molecule has 0 aromatic carbocycles. The lowest BCUT2D eigenvalue weighted by Gasteiger charge is -2.35. The molecule has 0 aromatic rings. The van der Waals surface area contributed by atoms with Crippen LogP contribution in [-0.4, -0.2) is 65.0 Å². The fourth-order valence-electron chi connectivity index (χ4n) is 2.80. The second-order valence-electron chi connectivity index (χ2n) is 5.48. The van der Waals surface area contributed by atoms with Gasteiger partial charge in [0.15, 0.2) is 0 Å². The third-order valence-corrected chi connectivity index (χ3v) is 4.07. The van der Waals surface area contributed by atoms with Crippen LogP contribution >= 0.6 is 0 Å². The number of urea groups is 1. The van der Waals surface area contributed by atoms with Crippen LogP contribution in [0.3, 0.4) is 0 Å². The lowest BCUT2D eigenvalue weighted by molar-refractivity contribution is -0.137. The largest absolute Gasteiger partial charge is 0.481 e. The molecule has 112 valence electrons. The second kappa shape index (κ2) is 6.11. The molecule has 2 unspecified atom stereocenters. The van der Waals surface area contributed by atoms with Gasteiger partial charge in [-0.15, -0.1) is 0 Å². The highest BCUT2D eigenvalue weighted by atomic mass is 16.4. The van der Waals surface area contributed by atoms with Gasteiger partial charge in [-0.05, 0) is 25.7 Å². The molecule has 2 fully saturated rings. The summed E-state index contributed by atoms with van der Waals surface area (Å²) in [5.74, 6) is -0.661. The van der Waals surface area contributed by atoms with Crippen LogP contribution in [0.4, 0.5) is 4.79 Å². The highest BCUT2D eigenvalue weighted by molar-refractivity contribution is 5.88. The number of nitrogens with zero attached hydrogens (tertiary/aromatic N) is 2. The molecular formula is C13H21N3O4. The van der Waals surface area contributed by atoms with Crippen molar-refractivity contribution in [3.63, 3.8) is 0 Å². The van der Waals surface area contributed by atoms with Gasteiger partial charge in [-0.2, -0.15) is 0 Å². The van der Waals surface area contributed by atoms with Crippen LogP contribution in [0.15, 0.2) is 0 Å². The van der Waals surface area contributed by atoms with Gasteiger partial charge in [0.2, 0.25) is 5.91 Å². The number of carbonyl (C=O) groups is 3. The highest BCUT2D eigenvalue weighted by Gasteiger charge is 2.35. The summed E-state index contributed by atoms with van der Waals surface area (Å²) in [5.41, 5.74) is 0. The maximum absolute atomic E-state index is 12.4. The Hall–Kier alpha value is -1.79. The van der Waals surface area contributed by atoms with E-state index in [0.29, 0.717) is 32.6 Å². The van der Waals surface area contributed by atoms with Crippen LogP contribution in [0.25, 0.3) is 0 Å². The Labute approximate surface area is 117 Å². The zero-order chi connectivity index (χ0) is 14.7. The van der Waals surface area contributed by atoms with Crippen LogP contribution in [-0.2, 0) is 9.59 Å². The van der Waals surface area contributed by atoms with Crippen molar-refractivity contribution in [2.45, 2.75) is 32.2 Å². The number of aliphatic carboxylic acids is 1. The number of carboxylic acids is 1. The van der Waals surface area contributed by atoms with Gasteiger partial charge >= 0.3 is 12.0 Å². The van der Waals surface area contributed by atoms with Crippen molar-refractivity contribution in [1.82, 2.24) is 15.1 Å². The number of likely N-dealkylation sites (tertiary alicyclic amines) is 1. The normalized spacial score (nSPS) is 26.6. The molecule has 0 radical (unpaired) electrons. The Kier molecular flexibility index (Phi) is 4.46. The lowest BCUT2D eigenvalue weighted by atomic mass is 10.0. The van der Waals surface area contributed by atoms with Gasteiger partial charge in [-0.3, -0.25) is 9.59 Å². The minimum atomic E-state index is -0.795. The Balaban J connectivity index is 1.87. The minimum Gasteiger partial charge on any atom is -0.481 e. The molecule has 2 saturated heterocycles. The van der Waals surface area contributed by atoms with Crippen molar-refractivity contribution < 1.29 is 19.5 Å². The molecule has 2 aliphatic rings. The van der Waals surface area contributed by atoms with E-state index < -0.39 is 12.0 Å². The van der Waals surface area contributed by atoms with Gasteiger partial charge < -0.3 is 20.2 Å². The van der Waals surface area contributed by atoms with E-state index in [9.17, 15) is 14.4 Å². The summed E-state index contributed by atoms with van der Waals surface area (Å²) in [6, 6.07) is -0.542. The Morgan fingerprint density at radius 1 is 1.40 bits per heavy atom. The van der Waals surface area contributed by atoms with Crippen molar-refractivity contribution in [1.29, 1.82) is 0 Å². The van der Waals surface area contributed by atoms with Crippen LogP contribution in [0.1, 0.15) is 26.2 Å². The van der Waals surface area contributed by atoms with Crippen molar-refractivity contribution in [3.8, 4) is 0 Å². The molecule has 7 heteroatoms. The van der Waals surface area contributed by atoms with Gasteiger partial charge in [0, 0.05) is 32.6 Å². The zero-order valence-electron chi connectivity index (χ0n) is 11.7. The average Bonchev–Trinajstić information content (AvgIpc) is 2.87. The molecule has 2 rings (SSSR count). The number of rotatable bonds is 3. The monoisotopic (exact) mass is 283 g/mol. The quantitative estimate of drug-likeness (QED) is 0.769.